The lowest BCUT2D eigenvalue weighted by Crippen LogP contribution is -2.34. The Kier molecular flexibility index (Phi) is 18.1. The molecule has 220 valence electrons. The summed E-state index contributed by atoms with van der Waals surface area (Å²) in [6.07, 6.45) is 1.85. The number of aliphatic hydroxyl groups excluding tert-OH is 1. The summed E-state index contributed by atoms with van der Waals surface area (Å²) < 4.78 is 0. The van der Waals surface area contributed by atoms with Crippen molar-refractivity contribution in [3.63, 3.8) is 0 Å². The number of carboxylic acids is 4. The van der Waals surface area contributed by atoms with E-state index in [0.717, 1.165) is 16.5 Å². The van der Waals surface area contributed by atoms with Crippen LogP contribution in [-0.4, -0.2) is 91.1 Å². The fraction of sp³-hybridized carbons (Fsp3) is 0.435. The van der Waals surface area contributed by atoms with E-state index in [2.05, 4.69) is 10.7 Å². The maximum absolute atomic E-state index is 10.6. The molecule has 0 saturated carbocycles. The van der Waals surface area contributed by atoms with Gasteiger partial charge < -0.3 is 59.2 Å². The van der Waals surface area contributed by atoms with Crippen molar-refractivity contribution in [1.82, 2.24) is 4.98 Å². The van der Waals surface area contributed by atoms with Crippen molar-refractivity contribution < 1.29 is 49.5 Å². The lowest BCUT2D eigenvalue weighted by Gasteiger charge is -2.07. The van der Waals surface area contributed by atoms with Crippen LogP contribution in [0.4, 0.5) is 0 Å². The minimum Gasteiger partial charge on any atom is -0.480 e. The van der Waals surface area contributed by atoms with Crippen LogP contribution in [0.2, 0.25) is 0 Å². The van der Waals surface area contributed by atoms with Crippen LogP contribution in [0.1, 0.15) is 25.8 Å². The molecule has 0 aliphatic rings. The van der Waals surface area contributed by atoms with Crippen LogP contribution in [0.3, 0.4) is 0 Å². The Labute approximate surface area is 223 Å². The summed E-state index contributed by atoms with van der Waals surface area (Å²) in [6.45, 7) is 3.05. The highest BCUT2D eigenvalue weighted by Crippen LogP contribution is 2.18. The van der Waals surface area contributed by atoms with Gasteiger partial charge in [0.2, 0.25) is 5.91 Å². The molecule has 0 aliphatic carbocycles. The first-order chi connectivity index (χ1) is 18.0. The van der Waals surface area contributed by atoms with E-state index < -0.39 is 60.6 Å². The first kappa shape index (κ1) is 37.1. The van der Waals surface area contributed by atoms with Crippen molar-refractivity contribution in [1.29, 1.82) is 0 Å². The molecule has 39 heavy (non-hydrogen) atoms. The Morgan fingerprint density at radius 1 is 0.795 bits per heavy atom. The number of benzene rings is 1. The number of nitrogens with two attached hydrogens (primary N) is 5. The zero-order chi connectivity index (χ0) is 30.9. The van der Waals surface area contributed by atoms with Gasteiger partial charge in [-0.2, -0.15) is 0 Å². The van der Waals surface area contributed by atoms with Gasteiger partial charge in [-0.1, -0.05) is 32.0 Å². The van der Waals surface area contributed by atoms with Gasteiger partial charge in [0, 0.05) is 23.5 Å². The number of aromatic amines is 1. The van der Waals surface area contributed by atoms with Crippen molar-refractivity contribution in [2.75, 3.05) is 6.61 Å². The smallest absolute Gasteiger partial charge is 0.322 e. The largest absolute Gasteiger partial charge is 0.480 e. The number of nitrogens with one attached hydrogen (secondary N) is 1. The summed E-state index contributed by atoms with van der Waals surface area (Å²) >= 11 is 0. The number of hydrogen-bond donors (Lipinski definition) is 11. The van der Waals surface area contributed by atoms with E-state index in [-0.39, 0.29) is 12.3 Å². The second kappa shape index (κ2) is 19.0. The third kappa shape index (κ3) is 16.4. The molecule has 2 aromatic rings. The number of hydrogen-bond acceptors (Lipinski definition) is 10. The standard InChI is InChI=1S/C11H12N2O2.C5H11NO2.C4H8N2O3.C3H7NO3/c12-9(11(14)15)5-7-6-13-10-4-2-1-3-8(7)10;1-3(2)4(6)5(7)8;5-2(4(8)9)1-3(6)7;4-2(1-5)3(6)7/h1-4,6,9,13H,5,12H2,(H,14,15);3-4H,6H2,1-2H3,(H,7,8);2H,1,5H2,(H2,6,7)(H,8,9);2,5H,1,4H2,(H,6,7)/t9-;4-;2*2-/m0000/s1. The van der Waals surface area contributed by atoms with E-state index in [9.17, 15) is 24.0 Å². The SMILES string of the molecule is CC(C)[C@H](N)C(=O)O.NC(=O)C[C@H](N)C(=O)O.N[C@@H](CO)C(=O)O.N[C@@H](Cc1c[nH]c2ccccc12)C(=O)O. The van der Waals surface area contributed by atoms with Crippen LogP contribution in [0.15, 0.2) is 30.5 Å². The molecule has 2 rings (SSSR count). The van der Waals surface area contributed by atoms with Gasteiger partial charge in [0.15, 0.2) is 0 Å². The molecular formula is C23H38N6O10. The van der Waals surface area contributed by atoms with E-state index in [1.165, 1.54) is 0 Å². The second-order valence-electron chi connectivity index (χ2n) is 8.36. The third-order valence-electron chi connectivity index (χ3n) is 4.69. The summed E-state index contributed by atoms with van der Waals surface area (Å²) in [5.41, 5.74) is 26.9. The van der Waals surface area contributed by atoms with Gasteiger partial charge in [-0.05, 0) is 17.5 Å². The summed E-state index contributed by atoms with van der Waals surface area (Å²) in [4.78, 5) is 53.3. The van der Waals surface area contributed by atoms with Crippen molar-refractivity contribution >= 4 is 40.7 Å². The maximum Gasteiger partial charge on any atom is 0.322 e. The van der Waals surface area contributed by atoms with Crippen molar-refractivity contribution in [3.05, 3.63) is 36.0 Å². The van der Waals surface area contributed by atoms with E-state index in [1.54, 1.807) is 13.8 Å². The van der Waals surface area contributed by atoms with Crippen molar-refractivity contribution in [3.8, 4) is 0 Å². The van der Waals surface area contributed by atoms with Gasteiger partial charge in [-0.15, -0.1) is 0 Å². The zero-order valence-electron chi connectivity index (χ0n) is 21.6. The van der Waals surface area contributed by atoms with Crippen molar-refractivity contribution in [2.24, 2.45) is 34.6 Å². The molecule has 0 radical (unpaired) electrons. The fourth-order valence-electron chi connectivity index (χ4n) is 2.29. The molecule has 0 saturated heterocycles. The number of fused-ring (bicyclic) bond motifs is 1. The molecule has 16 nitrogen and oxygen atoms in total. The Hall–Kier alpha value is -4.09. The highest BCUT2D eigenvalue weighted by molar-refractivity contribution is 5.84. The number of aliphatic hydroxyl groups is 1. The number of primary amides is 1. The molecular weight excluding hydrogens is 520 g/mol. The average Bonchev–Trinajstić information content (AvgIpc) is 3.26. The molecule has 0 fully saturated rings. The number of H-pyrrole nitrogens is 1. The number of rotatable bonds is 10. The van der Waals surface area contributed by atoms with E-state index in [0.29, 0.717) is 6.42 Å². The molecule has 1 amide bonds. The Morgan fingerprint density at radius 2 is 1.28 bits per heavy atom. The maximum atomic E-state index is 10.6. The van der Waals surface area contributed by atoms with E-state index >= 15 is 0 Å². The van der Waals surface area contributed by atoms with Gasteiger partial charge in [0.1, 0.15) is 24.2 Å². The first-order valence-corrected chi connectivity index (χ1v) is 11.3. The predicted molar refractivity (Wildman–Crippen MR) is 140 cm³/mol. The van der Waals surface area contributed by atoms with E-state index in [4.69, 9.17) is 48.5 Å². The monoisotopic (exact) mass is 558 g/mol. The summed E-state index contributed by atoms with van der Waals surface area (Å²) in [5.74, 6) is -4.98. The summed E-state index contributed by atoms with van der Waals surface area (Å²) in [5, 5.41) is 42.0. The summed E-state index contributed by atoms with van der Waals surface area (Å²) in [7, 11) is 0. The Balaban J connectivity index is 0. The number of aliphatic carboxylic acids is 4. The second-order valence-corrected chi connectivity index (χ2v) is 8.36. The van der Waals surface area contributed by atoms with Crippen LogP contribution in [0.25, 0.3) is 10.9 Å². The van der Waals surface area contributed by atoms with Crippen LogP contribution >= 0.6 is 0 Å². The molecule has 16 N–H and O–H groups in total. The molecule has 0 bridgehead atoms. The Bertz CT molecular complexity index is 1070. The van der Waals surface area contributed by atoms with Crippen molar-refractivity contribution in [2.45, 2.75) is 50.9 Å². The molecule has 16 heteroatoms. The molecule has 1 aromatic heterocycles. The molecule has 0 aliphatic heterocycles. The highest BCUT2D eigenvalue weighted by atomic mass is 16.4. The van der Waals surface area contributed by atoms with Gasteiger partial charge in [0.25, 0.3) is 0 Å². The van der Waals surface area contributed by atoms with Crippen LogP contribution in [-0.2, 0) is 30.4 Å². The average molecular weight is 559 g/mol. The highest BCUT2D eigenvalue weighted by Gasteiger charge is 2.15. The quantitative estimate of drug-likeness (QED) is 0.148. The lowest BCUT2D eigenvalue weighted by atomic mass is 10.1. The van der Waals surface area contributed by atoms with Gasteiger partial charge in [0.05, 0.1) is 13.0 Å². The molecule has 1 aromatic carbocycles. The third-order valence-corrected chi connectivity index (χ3v) is 4.69. The Morgan fingerprint density at radius 3 is 1.59 bits per heavy atom. The number of aromatic nitrogens is 1. The van der Waals surface area contributed by atoms with Crippen LogP contribution in [0.5, 0.6) is 0 Å². The first-order valence-electron chi connectivity index (χ1n) is 11.3. The van der Waals surface area contributed by atoms with Crippen LogP contribution in [0, 0.1) is 5.92 Å². The molecule has 0 unspecified atom stereocenters. The molecule has 0 spiro atoms. The van der Waals surface area contributed by atoms with Gasteiger partial charge in [-0.25, -0.2) is 0 Å². The number of para-hydroxylation sites is 1. The van der Waals surface area contributed by atoms with Gasteiger partial charge in [-0.3, -0.25) is 24.0 Å². The lowest BCUT2D eigenvalue weighted by molar-refractivity contribution is -0.140. The number of carbonyl (C=O) groups is 5. The topological polar surface area (TPSA) is 332 Å². The fourth-order valence-corrected chi connectivity index (χ4v) is 2.29. The normalized spacial score (nSPS) is 13.1. The van der Waals surface area contributed by atoms with Crippen LogP contribution < -0.4 is 28.7 Å². The van der Waals surface area contributed by atoms with Gasteiger partial charge >= 0.3 is 23.9 Å². The number of carbonyl (C=O) groups excluding carboxylic acids is 1. The minimum atomic E-state index is -1.21. The number of amides is 1. The minimum absolute atomic E-state index is 0.0208. The molecule has 4 atom stereocenters. The number of carboxylic acid groups (broad SMARTS) is 4. The molecule has 1 heterocycles. The van der Waals surface area contributed by atoms with E-state index in [1.807, 2.05) is 30.5 Å². The zero-order valence-corrected chi connectivity index (χ0v) is 21.6. The summed E-state index contributed by atoms with van der Waals surface area (Å²) in [6, 6.07) is 3.91. The predicted octanol–water partition coefficient (Wildman–Crippen LogP) is -2.16.